The number of carbonyl (C=O) groups is 1. The zero-order valence-electron chi connectivity index (χ0n) is 10.5. The maximum absolute atomic E-state index is 13.7. The predicted octanol–water partition coefficient (Wildman–Crippen LogP) is 4.07. The highest BCUT2D eigenvalue weighted by molar-refractivity contribution is 6.30. The molecule has 0 radical (unpaired) electrons. The summed E-state index contributed by atoms with van der Waals surface area (Å²) in [7, 11) is 0. The van der Waals surface area contributed by atoms with Crippen molar-refractivity contribution in [2.75, 3.05) is 5.32 Å². The first kappa shape index (κ1) is 15.2. The highest BCUT2D eigenvalue weighted by atomic mass is 35.5. The van der Waals surface area contributed by atoms with Gasteiger partial charge in [-0.15, -0.1) is 0 Å². The summed E-state index contributed by atoms with van der Waals surface area (Å²) in [5.74, 6) is -4.07. The number of benzene rings is 2. The van der Waals surface area contributed by atoms with Crippen molar-refractivity contribution in [3.63, 3.8) is 0 Å². The van der Waals surface area contributed by atoms with Crippen molar-refractivity contribution in [1.29, 1.82) is 0 Å². The van der Waals surface area contributed by atoms with Gasteiger partial charge in [-0.2, -0.15) is 0 Å². The summed E-state index contributed by atoms with van der Waals surface area (Å²) in [4.78, 5) is 10.7. The SMILES string of the molecule is O=C(O)c1cc(F)c(NCc2ccc(F)c(Cl)c2)c(F)c1. The average molecular weight is 316 g/mol. The van der Waals surface area contributed by atoms with E-state index >= 15 is 0 Å². The Morgan fingerprint density at radius 1 is 1.10 bits per heavy atom. The molecule has 3 nitrogen and oxygen atoms in total. The largest absolute Gasteiger partial charge is 0.478 e. The molecular weight excluding hydrogens is 307 g/mol. The smallest absolute Gasteiger partial charge is 0.335 e. The van der Waals surface area contributed by atoms with Crippen LogP contribution >= 0.6 is 11.6 Å². The lowest BCUT2D eigenvalue weighted by Gasteiger charge is -2.10. The van der Waals surface area contributed by atoms with Crippen LogP contribution in [0.5, 0.6) is 0 Å². The maximum Gasteiger partial charge on any atom is 0.335 e. The summed E-state index contributed by atoms with van der Waals surface area (Å²) in [6, 6.07) is 5.30. The number of carboxylic acids is 1. The van der Waals surface area contributed by atoms with Gasteiger partial charge in [0.05, 0.1) is 10.6 Å². The summed E-state index contributed by atoms with van der Waals surface area (Å²) >= 11 is 5.60. The Hall–Kier alpha value is -2.21. The van der Waals surface area contributed by atoms with Crippen LogP contribution in [0, 0.1) is 17.5 Å². The van der Waals surface area contributed by atoms with Crippen LogP contribution in [0.25, 0.3) is 0 Å². The zero-order chi connectivity index (χ0) is 15.6. The van der Waals surface area contributed by atoms with E-state index in [0.717, 1.165) is 6.07 Å². The summed E-state index contributed by atoms with van der Waals surface area (Å²) in [5.41, 5.74) is -0.427. The molecule has 2 rings (SSSR count). The minimum atomic E-state index is -1.43. The first-order valence-corrected chi connectivity index (χ1v) is 6.16. The Morgan fingerprint density at radius 2 is 1.71 bits per heavy atom. The molecule has 2 aromatic rings. The number of anilines is 1. The van der Waals surface area contributed by atoms with E-state index in [4.69, 9.17) is 16.7 Å². The number of carboxylic acid groups (broad SMARTS) is 1. The molecule has 0 fully saturated rings. The number of rotatable bonds is 4. The summed E-state index contributed by atoms with van der Waals surface area (Å²) in [6.45, 7) is 0.000256. The lowest BCUT2D eigenvalue weighted by atomic mass is 10.1. The molecule has 0 spiro atoms. The summed E-state index contributed by atoms with van der Waals surface area (Å²) in [6.07, 6.45) is 0. The van der Waals surface area contributed by atoms with Gasteiger partial charge in [0.15, 0.2) is 0 Å². The molecule has 110 valence electrons. The van der Waals surface area contributed by atoms with E-state index in [2.05, 4.69) is 5.32 Å². The van der Waals surface area contributed by atoms with Crippen molar-refractivity contribution in [2.24, 2.45) is 0 Å². The lowest BCUT2D eigenvalue weighted by molar-refractivity contribution is 0.0696. The normalized spacial score (nSPS) is 10.5. The van der Waals surface area contributed by atoms with Crippen LogP contribution in [-0.4, -0.2) is 11.1 Å². The Balaban J connectivity index is 2.20. The van der Waals surface area contributed by atoms with Crippen LogP contribution in [-0.2, 0) is 6.54 Å². The van der Waals surface area contributed by atoms with Crippen LogP contribution in [0.15, 0.2) is 30.3 Å². The number of hydrogen-bond donors (Lipinski definition) is 2. The molecule has 0 unspecified atom stereocenters. The number of halogens is 4. The van der Waals surface area contributed by atoms with Crippen LogP contribution in [0.3, 0.4) is 0 Å². The van der Waals surface area contributed by atoms with E-state index < -0.39 is 34.7 Å². The Kier molecular flexibility index (Phi) is 4.37. The van der Waals surface area contributed by atoms with Crippen LogP contribution in [0.1, 0.15) is 15.9 Å². The molecule has 0 saturated carbocycles. The monoisotopic (exact) mass is 315 g/mol. The van der Waals surface area contributed by atoms with Gasteiger partial charge in [0.2, 0.25) is 0 Å². The zero-order valence-corrected chi connectivity index (χ0v) is 11.2. The fourth-order valence-corrected chi connectivity index (χ4v) is 1.91. The maximum atomic E-state index is 13.7. The van der Waals surface area contributed by atoms with Crippen molar-refractivity contribution in [2.45, 2.75) is 6.54 Å². The Bertz CT molecular complexity index is 684. The molecule has 0 saturated heterocycles. The highest BCUT2D eigenvalue weighted by Gasteiger charge is 2.14. The van der Waals surface area contributed by atoms with Gasteiger partial charge in [0.1, 0.15) is 23.1 Å². The first-order chi connectivity index (χ1) is 9.88. The molecule has 0 aliphatic heterocycles. The summed E-state index contributed by atoms with van der Waals surface area (Å²) < 4.78 is 40.3. The second-order valence-corrected chi connectivity index (χ2v) is 4.63. The molecular formula is C14H9ClF3NO2. The van der Waals surface area contributed by atoms with E-state index in [9.17, 15) is 18.0 Å². The second-order valence-electron chi connectivity index (χ2n) is 4.22. The van der Waals surface area contributed by atoms with Crippen LogP contribution in [0.4, 0.5) is 18.9 Å². The van der Waals surface area contributed by atoms with Gasteiger partial charge in [0.25, 0.3) is 0 Å². The van der Waals surface area contributed by atoms with Crippen molar-refractivity contribution in [3.8, 4) is 0 Å². The second kappa shape index (κ2) is 6.05. The molecule has 21 heavy (non-hydrogen) atoms. The fraction of sp³-hybridized carbons (Fsp3) is 0.0714. The van der Waals surface area contributed by atoms with Gasteiger partial charge in [-0.3, -0.25) is 0 Å². The number of nitrogens with one attached hydrogen (secondary N) is 1. The van der Waals surface area contributed by atoms with Crippen LogP contribution in [0.2, 0.25) is 5.02 Å². The standard InChI is InChI=1S/C14H9ClF3NO2/c15-9-3-7(1-2-10(9)16)6-19-13-11(17)4-8(14(20)21)5-12(13)18/h1-5,19H,6H2,(H,20,21). The van der Waals surface area contributed by atoms with Gasteiger partial charge in [-0.1, -0.05) is 17.7 Å². The Morgan fingerprint density at radius 3 is 2.24 bits per heavy atom. The van der Waals surface area contributed by atoms with E-state index in [0.29, 0.717) is 17.7 Å². The molecule has 0 amide bonds. The summed E-state index contributed by atoms with van der Waals surface area (Å²) in [5, 5.41) is 11.1. The lowest BCUT2D eigenvalue weighted by Crippen LogP contribution is -2.07. The molecule has 0 atom stereocenters. The number of aromatic carboxylic acids is 1. The quantitative estimate of drug-likeness (QED) is 0.894. The third-order valence-electron chi connectivity index (χ3n) is 2.74. The van der Waals surface area contributed by atoms with Gasteiger partial charge < -0.3 is 10.4 Å². The predicted molar refractivity (Wildman–Crippen MR) is 72.1 cm³/mol. The van der Waals surface area contributed by atoms with Crippen LogP contribution < -0.4 is 5.32 Å². The minimum absolute atomic E-state index is 0.000256. The topological polar surface area (TPSA) is 49.3 Å². The van der Waals surface area contributed by atoms with E-state index in [1.54, 1.807) is 0 Å². The molecule has 0 aromatic heterocycles. The van der Waals surface area contributed by atoms with Gasteiger partial charge in [-0.25, -0.2) is 18.0 Å². The average Bonchev–Trinajstić information content (AvgIpc) is 2.41. The third kappa shape index (κ3) is 3.46. The van der Waals surface area contributed by atoms with Crippen molar-refractivity contribution in [1.82, 2.24) is 0 Å². The Labute approximate surface area is 123 Å². The van der Waals surface area contributed by atoms with E-state index in [-0.39, 0.29) is 11.6 Å². The molecule has 0 heterocycles. The van der Waals surface area contributed by atoms with Crippen molar-refractivity contribution < 1.29 is 23.1 Å². The third-order valence-corrected chi connectivity index (χ3v) is 3.03. The molecule has 2 aromatic carbocycles. The van der Waals surface area contributed by atoms with Crippen molar-refractivity contribution in [3.05, 3.63) is 63.9 Å². The van der Waals surface area contributed by atoms with E-state index in [1.165, 1.54) is 12.1 Å². The fourth-order valence-electron chi connectivity index (χ4n) is 1.71. The van der Waals surface area contributed by atoms with Gasteiger partial charge >= 0.3 is 5.97 Å². The highest BCUT2D eigenvalue weighted by Crippen LogP contribution is 2.22. The molecule has 7 heteroatoms. The van der Waals surface area contributed by atoms with Gasteiger partial charge in [0, 0.05) is 6.54 Å². The van der Waals surface area contributed by atoms with Crippen molar-refractivity contribution >= 4 is 23.3 Å². The molecule has 0 aliphatic carbocycles. The molecule has 0 bridgehead atoms. The van der Waals surface area contributed by atoms with Gasteiger partial charge in [-0.05, 0) is 29.8 Å². The molecule has 0 aliphatic rings. The molecule has 2 N–H and O–H groups in total. The number of hydrogen-bond acceptors (Lipinski definition) is 2. The van der Waals surface area contributed by atoms with E-state index in [1.807, 2.05) is 0 Å². The first-order valence-electron chi connectivity index (χ1n) is 5.78. The minimum Gasteiger partial charge on any atom is -0.478 e.